The van der Waals surface area contributed by atoms with Crippen molar-refractivity contribution in [3.8, 4) is 5.75 Å². The highest BCUT2D eigenvalue weighted by Crippen LogP contribution is 2.39. The summed E-state index contributed by atoms with van der Waals surface area (Å²) in [5, 5.41) is 3.00. The van der Waals surface area contributed by atoms with E-state index < -0.39 is 23.5 Å². The fraction of sp³-hybridized carbons (Fsp3) is 0.323. The number of rotatable bonds is 6. The first kappa shape index (κ1) is 27.3. The van der Waals surface area contributed by atoms with Crippen molar-refractivity contribution in [2.24, 2.45) is 0 Å². The first-order valence-corrected chi connectivity index (χ1v) is 13.3. The van der Waals surface area contributed by atoms with Gasteiger partial charge in [-0.1, -0.05) is 42.5 Å². The van der Waals surface area contributed by atoms with Crippen LogP contribution in [0.15, 0.2) is 78.9 Å². The van der Waals surface area contributed by atoms with Crippen LogP contribution in [0.3, 0.4) is 0 Å². The molecule has 3 aromatic carbocycles. The zero-order valence-corrected chi connectivity index (χ0v) is 22.5. The van der Waals surface area contributed by atoms with Crippen LogP contribution >= 0.6 is 0 Å². The SMILES string of the molecule is COc1cccc(C(=O)N2CCC3(CC2)OCC(C(=O)NC(C)c2ccccc2)N3C(=O)c2cccc(F)c2)c1. The molecule has 5 rings (SSSR count). The van der Waals surface area contributed by atoms with Gasteiger partial charge in [0.25, 0.3) is 11.8 Å². The average Bonchev–Trinajstić information content (AvgIpc) is 3.35. The zero-order chi connectivity index (χ0) is 28.3. The van der Waals surface area contributed by atoms with E-state index in [0.29, 0.717) is 37.2 Å². The lowest BCUT2D eigenvalue weighted by Crippen LogP contribution is -2.60. The molecule has 8 nitrogen and oxygen atoms in total. The van der Waals surface area contributed by atoms with Crippen LogP contribution in [-0.4, -0.2) is 66.1 Å². The number of halogens is 1. The molecule has 0 aliphatic carbocycles. The van der Waals surface area contributed by atoms with Crippen LogP contribution in [0.25, 0.3) is 0 Å². The number of carbonyl (C=O) groups excluding carboxylic acids is 3. The third-order valence-electron chi connectivity index (χ3n) is 7.66. The van der Waals surface area contributed by atoms with Crippen LogP contribution in [0, 0.1) is 5.82 Å². The molecule has 0 saturated carbocycles. The van der Waals surface area contributed by atoms with E-state index in [-0.39, 0.29) is 30.0 Å². The van der Waals surface area contributed by atoms with Crippen LogP contribution in [0.1, 0.15) is 52.1 Å². The summed E-state index contributed by atoms with van der Waals surface area (Å²) in [6.45, 7) is 2.51. The maximum absolute atomic E-state index is 14.1. The topological polar surface area (TPSA) is 88.2 Å². The summed E-state index contributed by atoms with van der Waals surface area (Å²) in [6.07, 6.45) is 0.615. The summed E-state index contributed by atoms with van der Waals surface area (Å²) in [5.74, 6) is -0.952. The Hall–Kier alpha value is -4.24. The van der Waals surface area contributed by atoms with Crippen molar-refractivity contribution in [1.29, 1.82) is 0 Å². The van der Waals surface area contributed by atoms with Gasteiger partial charge in [0.1, 0.15) is 23.3 Å². The van der Waals surface area contributed by atoms with Crippen LogP contribution < -0.4 is 10.1 Å². The van der Waals surface area contributed by atoms with Gasteiger partial charge in [0, 0.05) is 37.1 Å². The van der Waals surface area contributed by atoms with Gasteiger partial charge in [-0.05, 0) is 48.9 Å². The minimum absolute atomic E-state index is 0.00176. The Kier molecular flexibility index (Phi) is 7.84. The van der Waals surface area contributed by atoms with E-state index in [1.165, 1.54) is 23.1 Å². The third kappa shape index (κ3) is 5.42. The van der Waals surface area contributed by atoms with Gasteiger partial charge in [0.15, 0.2) is 0 Å². The molecular formula is C31H32FN3O5. The Morgan fingerprint density at radius 2 is 1.62 bits per heavy atom. The molecular weight excluding hydrogens is 513 g/mol. The van der Waals surface area contributed by atoms with Gasteiger partial charge in [-0.15, -0.1) is 0 Å². The van der Waals surface area contributed by atoms with Gasteiger partial charge >= 0.3 is 0 Å². The van der Waals surface area contributed by atoms with Crippen LogP contribution in [0.5, 0.6) is 5.75 Å². The maximum atomic E-state index is 14.1. The molecule has 208 valence electrons. The predicted octanol–water partition coefficient (Wildman–Crippen LogP) is 4.19. The molecule has 0 bridgehead atoms. The number of hydrogen-bond donors (Lipinski definition) is 1. The Morgan fingerprint density at radius 1 is 0.950 bits per heavy atom. The van der Waals surface area contributed by atoms with Crippen LogP contribution in [0.4, 0.5) is 4.39 Å². The third-order valence-corrected chi connectivity index (χ3v) is 7.66. The Balaban J connectivity index is 1.38. The van der Waals surface area contributed by atoms with Gasteiger partial charge < -0.3 is 19.7 Å². The summed E-state index contributed by atoms with van der Waals surface area (Å²) in [5.41, 5.74) is 0.458. The van der Waals surface area contributed by atoms with E-state index >= 15 is 0 Å². The number of likely N-dealkylation sites (tertiary alicyclic amines) is 1. The van der Waals surface area contributed by atoms with Crippen molar-refractivity contribution >= 4 is 17.7 Å². The first-order chi connectivity index (χ1) is 19.3. The molecule has 3 amide bonds. The standard InChI is InChI=1S/C31H32FN3O5/c1-21(22-8-4-3-5-9-22)33-28(36)27-20-40-31(35(27)30(38)23-10-6-12-25(32)18-23)14-16-34(17-15-31)29(37)24-11-7-13-26(19-24)39-2/h3-13,18-19,21,27H,14-17,20H2,1-2H3,(H,33,36). The highest BCUT2D eigenvalue weighted by Gasteiger charge is 2.54. The van der Waals surface area contributed by atoms with Gasteiger partial charge in [-0.2, -0.15) is 0 Å². The molecule has 2 saturated heterocycles. The summed E-state index contributed by atoms with van der Waals surface area (Å²) in [4.78, 5) is 43.8. The van der Waals surface area contributed by atoms with E-state index in [1.807, 2.05) is 37.3 Å². The first-order valence-electron chi connectivity index (χ1n) is 13.3. The number of amides is 3. The second-order valence-corrected chi connectivity index (χ2v) is 10.1. The molecule has 40 heavy (non-hydrogen) atoms. The molecule has 2 heterocycles. The number of benzene rings is 3. The van der Waals surface area contributed by atoms with Crippen LogP contribution in [-0.2, 0) is 9.53 Å². The van der Waals surface area contributed by atoms with Crippen molar-refractivity contribution in [3.63, 3.8) is 0 Å². The average molecular weight is 546 g/mol. The van der Waals surface area contributed by atoms with Crippen molar-refractivity contribution in [2.75, 3.05) is 26.8 Å². The van der Waals surface area contributed by atoms with Crippen molar-refractivity contribution in [1.82, 2.24) is 15.1 Å². The summed E-state index contributed by atoms with van der Waals surface area (Å²) >= 11 is 0. The number of ether oxygens (including phenoxy) is 2. The molecule has 2 aliphatic heterocycles. The van der Waals surface area contributed by atoms with E-state index in [9.17, 15) is 18.8 Å². The number of hydrogen-bond acceptors (Lipinski definition) is 5. The fourth-order valence-electron chi connectivity index (χ4n) is 5.46. The fourth-order valence-corrected chi connectivity index (χ4v) is 5.46. The van der Waals surface area contributed by atoms with E-state index in [1.54, 1.807) is 36.3 Å². The highest BCUT2D eigenvalue weighted by molar-refractivity contribution is 5.99. The summed E-state index contributed by atoms with van der Waals surface area (Å²) in [6, 6.07) is 20.7. The van der Waals surface area contributed by atoms with Crippen LogP contribution in [0.2, 0.25) is 0 Å². The van der Waals surface area contributed by atoms with Gasteiger partial charge in [0.05, 0.1) is 19.8 Å². The highest BCUT2D eigenvalue weighted by atomic mass is 19.1. The number of carbonyl (C=O) groups is 3. The minimum atomic E-state index is -1.10. The Bertz CT molecular complexity index is 1390. The smallest absolute Gasteiger partial charge is 0.256 e. The lowest BCUT2D eigenvalue weighted by atomic mass is 9.96. The molecule has 1 spiro atoms. The molecule has 1 N–H and O–H groups in total. The van der Waals surface area contributed by atoms with Gasteiger partial charge in [0.2, 0.25) is 5.91 Å². The number of piperidine rings is 1. The Labute approximate surface area is 232 Å². The second kappa shape index (κ2) is 11.5. The molecule has 2 fully saturated rings. The van der Waals surface area contributed by atoms with E-state index in [0.717, 1.165) is 11.6 Å². The second-order valence-electron chi connectivity index (χ2n) is 10.1. The zero-order valence-electron chi connectivity index (χ0n) is 22.5. The largest absolute Gasteiger partial charge is 0.497 e. The van der Waals surface area contributed by atoms with Crippen molar-refractivity contribution < 1.29 is 28.2 Å². The van der Waals surface area contributed by atoms with Crippen molar-refractivity contribution in [2.45, 2.75) is 37.6 Å². The summed E-state index contributed by atoms with van der Waals surface area (Å²) in [7, 11) is 1.54. The Morgan fingerprint density at radius 3 is 2.30 bits per heavy atom. The monoisotopic (exact) mass is 545 g/mol. The molecule has 3 aromatic rings. The lowest BCUT2D eigenvalue weighted by molar-refractivity contribution is -0.128. The predicted molar refractivity (Wildman–Crippen MR) is 146 cm³/mol. The molecule has 2 aliphatic rings. The summed E-state index contributed by atoms with van der Waals surface area (Å²) < 4.78 is 25.6. The quantitative estimate of drug-likeness (QED) is 0.502. The lowest BCUT2D eigenvalue weighted by Gasteiger charge is -2.44. The van der Waals surface area contributed by atoms with E-state index in [2.05, 4.69) is 5.32 Å². The molecule has 0 radical (unpaired) electrons. The van der Waals surface area contributed by atoms with Crippen molar-refractivity contribution in [3.05, 3.63) is 101 Å². The maximum Gasteiger partial charge on any atom is 0.256 e. The number of methoxy groups -OCH3 is 1. The minimum Gasteiger partial charge on any atom is -0.497 e. The number of nitrogens with one attached hydrogen (secondary N) is 1. The molecule has 2 unspecified atom stereocenters. The molecule has 2 atom stereocenters. The normalized spacial score (nSPS) is 18.8. The number of nitrogens with zero attached hydrogens (tertiary/aromatic N) is 2. The van der Waals surface area contributed by atoms with Gasteiger partial charge in [-0.25, -0.2) is 4.39 Å². The van der Waals surface area contributed by atoms with Gasteiger partial charge in [-0.3, -0.25) is 19.3 Å². The molecule has 0 aromatic heterocycles. The van der Waals surface area contributed by atoms with E-state index in [4.69, 9.17) is 9.47 Å². The molecule has 9 heteroatoms.